The number of hydrogen-bond acceptors (Lipinski definition) is 3. The lowest BCUT2D eigenvalue weighted by Gasteiger charge is -2.17. The van der Waals surface area contributed by atoms with Crippen LogP contribution < -0.4 is 11.1 Å². The summed E-state index contributed by atoms with van der Waals surface area (Å²) < 4.78 is 2.03. The molecule has 0 radical (unpaired) electrons. The van der Waals surface area contributed by atoms with Crippen molar-refractivity contribution in [2.45, 2.75) is 25.3 Å². The van der Waals surface area contributed by atoms with Crippen LogP contribution in [0.4, 0.5) is 0 Å². The maximum absolute atomic E-state index is 5.76. The molecule has 1 atom stereocenters. The molecule has 2 rings (SSSR count). The Morgan fingerprint density at radius 3 is 3.00 bits per heavy atom. The third-order valence-electron chi connectivity index (χ3n) is 3.09. The molecule has 0 aliphatic heterocycles. The molecule has 0 bridgehead atoms. The predicted molar refractivity (Wildman–Crippen MR) is 60.3 cm³/mol. The van der Waals surface area contributed by atoms with E-state index in [1.54, 1.807) is 0 Å². The summed E-state index contributed by atoms with van der Waals surface area (Å²) in [6.07, 6.45) is 7.83. The lowest BCUT2D eigenvalue weighted by Crippen LogP contribution is -2.30. The highest BCUT2D eigenvalue weighted by atomic mass is 15.1. The number of nitrogens with zero attached hydrogens (tertiary/aromatic N) is 2. The summed E-state index contributed by atoms with van der Waals surface area (Å²) in [5.41, 5.74) is 6.94. The highest BCUT2D eigenvalue weighted by Crippen LogP contribution is 2.31. The molecule has 0 spiro atoms. The van der Waals surface area contributed by atoms with Gasteiger partial charge in [0.25, 0.3) is 0 Å². The van der Waals surface area contributed by atoms with Crippen molar-refractivity contribution in [1.29, 1.82) is 0 Å². The summed E-state index contributed by atoms with van der Waals surface area (Å²) >= 11 is 0. The summed E-state index contributed by atoms with van der Waals surface area (Å²) in [5.74, 6) is 0.975. The molecule has 3 N–H and O–H groups in total. The van der Waals surface area contributed by atoms with Gasteiger partial charge in [-0.25, -0.2) is 4.98 Å². The van der Waals surface area contributed by atoms with E-state index in [0.29, 0.717) is 6.54 Å². The molecule has 4 nitrogen and oxygen atoms in total. The quantitative estimate of drug-likeness (QED) is 0.727. The number of hydrogen-bond donors (Lipinski definition) is 2. The number of rotatable bonds is 6. The molecule has 1 aliphatic carbocycles. The first kappa shape index (κ1) is 10.6. The second kappa shape index (κ2) is 4.77. The first-order valence-corrected chi connectivity index (χ1v) is 5.71. The van der Waals surface area contributed by atoms with Crippen LogP contribution in [0.15, 0.2) is 12.5 Å². The number of aryl methyl sites for hydroxylation is 1. The van der Waals surface area contributed by atoms with Gasteiger partial charge in [-0.2, -0.15) is 0 Å². The highest BCUT2D eigenvalue weighted by molar-refractivity contribution is 5.05. The van der Waals surface area contributed by atoms with Crippen molar-refractivity contribution in [1.82, 2.24) is 14.9 Å². The second-order valence-electron chi connectivity index (χ2n) is 4.40. The average molecular weight is 208 g/mol. The molecule has 1 aromatic heterocycles. The van der Waals surface area contributed by atoms with Crippen LogP contribution in [-0.2, 0) is 7.05 Å². The van der Waals surface area contributed by atoms with Gasteiger partial charge in [0.2, 0.25) is 0 Å². The Balaban J connectivity index is 1.83. The summed E-state index contributed by atoms with van der Waals surface area (Å²) in [5, 5.41) is 3.50. The Hall–Kier alpha value is -0.870. The van der Waals surface area contributed by atoms with E-state index in [-0.39, 0.29) is 6.04 Å². The maximum Gasteiger partial charge on any atom is 0.0946 e. The maximum atomic E-state index is 5.76. The van der Waals surface area contributed by atoms with E-state index < -0.39 is 0 Å². The molecule has 1 heterocycles. The third-order valence-corrected chi connectivity index (χ3v) is 3.09. The molecule has 0 amide bonds. The van der Waals surface area contributed by atoms with Crippen LogP contribution in [0.2, 0.25) is 0 Å². The predicted octanol–water partition coefficient (Wildman–Crippen LogP) is 0.810. The van der Waals surface area contributed by atoms with Gasteiger partial charge in [0.1, 0.15) is 0 Å². The number of imidazole rings is 1. The Kier molecular flexibility index (Phi) is 3.38. The van der Waals surface area contributed by atoms with Crippen molar-refractivity contribution in [2.75, 3.05) is 13.1 Å². The minimum atomic E-state index is 0.247. The largest absolute Gasteiger partial charge is 0.336 e. The zero-order valence-corrected chi connectivity index (χ0v) is 9.32. The van der Waals surface area contributed by atoms with Crippen molar-refractivity contribution in [3.05, 3.63) is 18.2 Å². The third kappa shape index (κ3) is 2.79. The topological polar surface area (TPSA) is 55.9 Å². The van der Waals surface area contributed by atoms with Gasteiger partial charge in [-0.3, -0.25) is 0 Å². The Morgan fingerprint density at radius 2 is 2.47 bits per heavy atom. The van der Waals surface area contributed by atoms with Crippen LogP contribution in [0.1, 0.15) is 31.0 Å². The summed E-state index contributed by atoms with van der Waals surface area (Å²) in [4.78, 5) is 4.11. The van der Waals surface area contributed by atoms with Crippen molar-refractivity contribution >= 4 is 0 Å². The van der Waals surface area contributed by atoms with Crippen LogP contribution in [-0.4, -0.2) is 22.6 Å². The Labute approximate surface area is 90.9 Å². The van der Waals surface area contributed by atoms with E-state index in [0.717, 1.165) is 12.5 Å². The van der Waals surface area contributed by atoms with Crippen LogP contribution in [0.5, 0.6) is 0 Å². The summed E-state index contributed by atoms with van der Waals surface area (Å²) in [6, 6.07) is 0.247. The Bertz CT molecular complexity index is 303. The summed E-state index contributed by atoms with van der Waals surface area (Å²) in [7, 11) is 2.01. The smallest absolute Gasteiger partial charge is 0.0946 e. The molecule has 1 aliphatic rings. The second-order valence-corrected chi connectivity index (χ2v) is 4.40. The molecule has 4 heteroatoms. The molecule has 0 aromatic carbocycles. The van der Waals surface area contributed by atoms with Gasteiger partial charge < -0.3 is 15.6 Å². The number of aromatic nitrogens is 2. The van der Waals surface area contributed by atoms with Crippen molar-refractivity contribution < 1.29 is 0 Å². The number of nitrogens with two attached hydrogens (primary N) is 1. The average Bonchev–Trinajstić information content (AvgIpc) is 2.96. The van der Waals surface area contributed by atoms with Gasteiger partial charge in [-0.05, 0) is 18.9 Å². The van der Waals surface area contributed by atoms with Gasteiger partial charge in [0, 0.05) is 19.8 Å². The van der Waals surface area contributed by atoms with E-state index in [4.69, 9.17) is 5.73 Å². The molecule has 0 saturated heterocycles. The molecular formula is C11H20N4. The first-order valence-electron chi connectivity index (χ1n) is 5.71. The lowest BCUT2D eigenvalue weighted by atomic mass is 10.2. The van der Waals surface area contributed by atoms with E-state index in [1.807, 2.05) is 24.1 Å². The fraction of sp³-hybridized carbons (Fsp3) is 0.727. The van der Waals surface area contributed by atoms with E-state index >= 15 is 0 Å². The van der Waals surface area contributed by atoms with E-state index in [9.17, 15) is 0 Å². The highest BCUT2D eigenvalue weighted by Gasteiger charge is 2.21. The zero-order valence-electron chi connectivity index (χ0n) is 9.32. The van der Waals surface area contributed by atoms with E-state index in [1.165, 1.54) is 25.0 Å². The molecule has 1 unspecified atom stereocenters. The summed E-state index contributed by atoms with van der Waals surface area (Å²) in [6.45, 7) is 1.70. The lowest BCUT2D eigenvalue weighted by molar-refractivity contribution is 0.496. The normalized spacial score (nSPS) is 18.0. The van der Waals surface area contributed by atoms with Crippen molar-refractivity contribution in [2.24, 2.45) is 18.7 Å². The number of nitrogens with one attached hydrogen (secondary N) is 1. The molecule has 1 aromatic rings. The monoisotopic (exact) mass is 208 g/mol. The molecular weight excluding hydrogens is 188 g/mol. The molecule has 15 heavy (non-hydrogen) atoms. The first-order chi connectivity index (χ1) is 7.31. The minimum absolute atomic E-state index is 0.247. The van der Waals surface area contributed by atoms with Gasteiger partial charge >= 0.3 is 0 Å². The van der Waals surface area contributed by atoms with Crippen molar-refractivity contribution in [3.63, 3.8) is 0 Å². The van der Waals surface area contributed by atoms with Crippen LogP contribution in [0, 0.1) is 5.92 Å². The fourth-order valence-corrected chi connectivity index (χ4v) is 1.88. The van der Waals surface area contributed by atoms with Crippen LogP contribution in [0.3, 0.4) is 0 Å². The SMILES string of the molecule is Cn1cncc1C(CN)NCCC1CC1. The van der Waals surface area contributed by atoms with Gasteiger partial charge in [-0.15, -0.1) is 0 Å². The van der Waals surface area contributed by atoms with Crippen molar-refractivity contribution in [3.8, 4) is 0 Å². The van der Waals surface area contributed by atoms with Crippen LogP contribution in [0.25, 0.3) is 0 Å². The molecule has 1 saturated carbocycles. The fourth-order valence-electron chi connectivity index (χ4n) is 1.88. The standard InChI is InChI=1S/C11H20N4/c1-15-8-13-7-11(15)10(6-12)14-5-4-9-2-3-9/h7-10,14H,2-6,12H2,1H3. The zero-order chi connectivity index (χ0) is 10.7. The molecule has 1 fully saturated rings. The Morgan fingerprint density at radius 1 is 1.67 bits per heavy atom. The van der Waals surface area contributed by atoms with Gasteiger partial charge in [-0.1, -0.05) is 12.8 Å². The molecule has 84 valence electrons. The van der Waals surface area contributed by atoms with Gasteiger partial charge in [0.15, 0.2) is 0 Å². The van der Waals surface area contributed by atoms with E-state index in [2.05, 4.69) is 10.3 Å². The minimum Gasteiger partial charge on any atom is -0.336 e. The van der Waals surface area contributed by atoms with Crippen LogP contribution >= 0.6 is 0 Å². The van der Waals surface area contributed by atoms with Gasteiger partial charge in [0.05, 0.1) is 18.1 Å².